The summed E-state index contributed by atoms with van der Waals surface area (Å²) in [6, 6.07) is 8.88. The highest BCUT2D eigenvalue weighted by atomic mass is 79.9. The number of hydrogen-bond donors (Lipinski definition) is 1. The molecule has 2 aromatic rings. The van der Waals surface area contributed by atoms with E-state index in [1.54, 1.807) is 18.2 Å². The second-order valence-corrected chi connectivity index (χ2v) is 7.63. The number of anilines is 1. The molecule has 1 N–H and O–H groups in total. The van der Waals surface area contributed by atoms with Gasteiger partial charge in [0.25, 0.3) is 11.8 Å². The summed E-state index contributed by atoms with van der Waals surface area (Å²) >= 11 is 9.59. The van der Waals surface area contributed by atoms with Gasteiger partial charge in [-0.3, -0.25) is 14.9 Å². The molecule has 10 heteroatoms. The summed E-state index contributed by atoms with van der Waals surface area (Å²) in [6.07, 6.45) is 1.30. The van der Waals surface area contributed by atoms with Gasteiger partial charge in [0.05, 0.1) is 17.8 Å². The normalized spacial score (nSPS) is 15.0. The quantitative estimate of drug-likeness (QED) is 0.487. The van der Waals surface area contributed by atoms with Gasteiger partial charge in [0.2, 0.25) is 0 Å². The average molecular weight is 505 g/mol. The lowest BCUT2D eigenvalue weighted by Crippen LogP contribution is -2.54. The lowest BCUT2D eigenvalue weighted by Gasteiger charge is -2.26. The summed E-state index contributed by atoms with van der Waals surface area (Å²) in [6.45, 7) is 1.58. The molecule has 0 atom stereocenters. The molecule has 3 rings (SSSR count). The van der Waals surface area contributed by atoms with Gasteiger partial charge in [0.1, 0.15) is 11.6 Å². The Balaban J connectivity index is 2.03. The maximum atomic E-state index is 13.0. The fraction of sp³-hybridized carbons (Fsp3) is 0.143. The predicted molar refractivity (Wildman–Crippen MR) is 117 cm³/mol. The number of imide groups is 2. The molecule has 2 aromatic carbocycles. The number of benzene rings is 2. The number of carbonyl (C=O) groups is 3. The molecule has 0 unspecified atom stereocenters. The van der Waals surface area contributed by atoms with Gasteiger partial charge in [0.15, 0.2) is 18.1 Å². The number of nitrogens with one attached hydrogen (secondary N) is 1. The second kappa shape index (κ2) is 9.20. The van der Waals surface area contributed by atoms with E-state index in [2.05, 4.69) is 21.2 Å². The molecule has 0 aliphatic carbocycles. The molecule has 0 bridgehead atoms. The zero-order valence-corrected chi connectivity index (χ0v) is 18.7. The number of ether oxygens (including phenoxy) is 2. The third-order valence-corrected chi connectivity index (χ3v) is 5.52. The summed E-state index contributed by atoms with van der Waals surface area (Å²) < 4.78 is 11.3. The Labute approximate surface area is 191 Å². The summed E-state index contributed by atoms with van der Waals surface area (Å²) in [4.78, 5) is 38.7. The van der Waals surface area contributed by atoms with E-state index in [9.17, 15) is 14.4 Å². The summed E-state index contributed by atoms with van der Waals surface area (Å²) in [5.74, 6) is -1.24. The molecule has 1 aliphatic heterocycles. The maximum Gasteiger partial charge on any atom is 0.335 e. The molecule has 1 saturated heterocycles. The van der Waals surface area contributed by atoms with E-state index in [-0.39, 0.29) is 28.7 Å². The van der Waals surface area contributed by atoms with Crippen molar-refractivity contribution < 1.29 is 23.9 Å². The van der Waals surface area contributed by atoms with Crippen LogP contribution >= 0.6 is 27.5 Å². The fourth-order valence-corrected chi connectivity index (χ4v) is 3.41. The molecular formula is C21H15BrClN3O5. The van der Waals surface area contributed by atoms with E-state index in [4.69, 9.17) is 26.3 Å². The van der Waals surface area contributed by atoms with Crippen molar-refractivity contribution in [2.24, 2.45) is 0 Å². The largest absolute Gasteiger partial charge is 0.493 e. The topological polar surface area (TPSA) is 109 Å². The van der Waals surface area contributed by atoms with E-state index in [0.29, 0.717) is 11.3 Å². The molecule has 1 heterocycles. The van der Waals surface area contributed by atoms with Crippen molar-refractivity contribution in [1.29, 1.82) is 5.26 Å². The Morgan fingerprint density at radius 2 is 2.00 bits per heavy atom. The molecule has 1 fully saturated rings. The lowest BCUT2D eigenvalue weighted by molar-refractivity contribution is -0.122. The number of methoxy groups -OCH3 is 1. The van der Waals surface area contributed by atoms with Gasteiger partial charge in [-0.05, 0) is 54.5 Å². The minimum absolute atomic E-state index is 0.126. The number of aryl methyl sites for hydroxylation is 1. The Morgan fingerprint density at radius 3 is 2.65 bits per heavy atom. The first-order valence-electron chi connectivity index (χ1n) is 8.81. The number of amides is 4. The van der Waals surface area contributed by atoms with Gasteiger partial charge < -0.3 is 9.47 Å². The molecule has 0 spiro atoms. The highest BCUT2D eigenvalue weighted by Crippen LogP contribution is 2.37. The van der Waals surface area contributed by atoms with Crippen LogP contribution in [0.5, 0.6) is 11.5 Å². The standard InChI is InChI=1S/C21H15BrClN3O5/c1-11-7-13(3-4-15(11)22)26-20(28)14(19(27)25-21(26)29)8-12-9-16(23)18(31-6-5-24)17(10-12)30-2/h3-4,7-10H,6H2,1-2H3,(H,25,27,29)/b14-8+. The number of hydrogen-bond acceptors (Lipinski definition) is 6. The van der Waals surface area contributed by atoms with Crippen molar-refractivity contribution in [2.75, 3.05) is 18.6 Å². The van der Waals surface area contributed by atoms with Crippen molar-refractivity contribution >= 4 is 57.1 Å². The molecule has 0 radical (unpaired) electrons. The molecule has 0 saturated carbocycles. The number of nitrogens with zero attached hydrogens (tertiary/aromatic N) is 2. The third-order valence-electron chi connectivity index (χ3n) is 4.35. The van der Waals surface area contributed by atoms with Crippen LogP contribution in [0.15, 0.2) is 40.4 Å². The van der Waals surface area contributed by atoms with Crippen molar-refractivity contribution in [3.05, 3.63) is 56.5 Å². The van der Waals surface area contributed by atoms with Crippen LogP contribution in [0.2, 0.25) is 5.02 Å². The molecule has 8 nitrogen and oxygen atoms in total. The van der Waals surface area contributed by atoms with Crippen molar-refractivity contribution in [2.45, 2.75) is 6.92 Å². The smallest absolute Gasteiger partial charge is 0.335 e. The first-order valence-corrected chi connectivity index (χ1v) is 9.98. The highest BCUT2D eigenvalue weighted by Gasteiger charge is 2.37. The predicted octanol–water partition coefficient (Wildman–Crippen LogP) is 3.99. The van der Waals surface area contributed by atoms with Gasteiger partial charge in [0, 0.05) is 4.47 Å². The lowest BCUT2D eigenvalue weighted by atomic mass is 10.1. The van der Waals surface area contributed by atoms with Gasteiger partial charge >= 0.3 is 6.03 Å². The van der Waals surface area contributed by atoms with Gasteiger partial charge in [-0.25, -0.2) is 9.69 Å². The Kier molecular flexibility index (Phi) is 6.63. The third kappa shape index (κ3) is 4.55. The van der Waals surface area contributed by atoms with Crippen molar-refractivity contribution in [3.63, 3.8) is 0 Å². The number of barbiturate groups is 1. The highest BCUT2D eigenvalue weighted by molar-refractivity contribution is 9.10. The van der Waals surface area contributed by atoms with E-state index >= 15 is 0 Å². The van der Waals surface area contributed by atoms with Crippen LogP contribution in [-0.2, 0) is 9.59 Å². The van der Waals surface area contributed by atoms with Crippen LogP contribution in [0.25, 0.3) is 6.08 Å². The molecule has 1 aliphatic rings. The number of nitriles is 1. The second-order valence-electron chi connectivity index (χ2n) is 6.37. The van der Waals surface area contributed by atoms with E-state index in [0.717, 1.165) is 14.9 Å². The van der Waals surface area contributed by atoms with Crippen LogP contribution in [0.3, 0.4) is 0 Å². The number of halogens is 2. The Morgan fingerprint density at radius 1 is 1.26 bits per heavy atom. The zero-order chi connectivity index (χ0) is 22.7. The van der Waals surface area contributed by atoms with E-state index in [1.807, 2.05) is 13.0 Å². The van der Waals surface area contributed by atoms with Crippen LogP contribution in [0.1, 0.15) is 11.1 Å². The van der Waals surface area contributed by atoms with Gasteiger partial charge in [-0.15, -0.1) is 0 Å². The first kappa shape index (κ1) is 22.3. The SMILES string of the molecule is COc1cc(/C=C2\C(=O)NC(=O)N(c3ccc(Br)c(C)c3)C2=O)cc(Cl)c1OCC#N. The van der Waals surface area contributed by atoms with E-state index in [1.165, 1.54) is 25.3 Å². The van der Waals surface area contributed by atoms with Gasteiger partial charge in [-0.1, -0.05) is 27.5 Å². The summed E-state index contributed by atoms with van der Waals surface area (Å²) in [5, 5.41) is 11.0. The average Bonchev–Trinajstić information content (AvgIpc) is 2.72. The Hall–Kier alpha value is -3.35. The molecular weight excluding hydrogens is 490 g/mol. The Bertz CT molecular complexity index is 1170. The summed E-state index contributed by atoms with van der Waals surface area (Å²) in [5.41, 5.74) is 1.23. The molecule has 0 aromatic heterocycles. The van der Waals surface area contributed by atoms with Crippen molar-refractivity contribution in [1.82, 2.24) is 5.32 Å². The fourth-order valence-electron chi connectivity index (χ4n) is 2.89. The van der Waals surface area contributed by atoms with Crippen LogP contribution in [0.4, 0.5) is 10.5 Å². The van der Waals surface area contributed by atoms with Crippen LogP contribution < -0.4 is 19.7 Å². The maximum absolute atomic E-state index is 13.0. The number of rotatable bonds is 5. The number of carbonyl (C=O) groups excluding carboxylic acids is 3. The monoisotopic (exact) mass is 503 g/mol. The van der Waals surface area contributed by atoms with Gasteiger partial charge in [-0.2, -0.15) is 5.26 Å². The van der Waals surface area contributed by atoms with Crippen molar-refractivity contribution in [3.8, 4) is 17.6 Å². The molecule has 158 valence electrons. The zero-order valence-electron chi connectivity index (χ0n) is 16.4. The molecule has 4 amide bonds. The van der Waals surface area contributed by atoms with Crippen LogP contribution in [0, 0.1) is 18.3 Å². The van der Waals surface area contributed by atoms with E-state index < -0.39 is 17.8 Å². The minimum Gasteiger partial charge on any atom is -0.493 e. The number of urea groups is 1. The summed E-state index contributed by atoms with van der Waals surface area (Å²) in [7, 11) is 1.39. The first-order chi connectivity index (χ1) is 14.8. The van der Waals surface area contributed by atoms with Crippen LogP contribution in [-0.4, -0.2) is 31.6 Å². The molecule has 31 heavy (non-hydrogen) atoms. The minimum atomic E-state index is -0.843.